The molecule has 0 amide bonds. The minimum Gasteiger partial charge on any atom is -0.491 e. The van der Waals surface area contributed by atoms with Crippen LogP contribution in [0.25, 0.3) is 0 Å². The van der Waals surface area contributed by atoms with E-state index in [1.807, 2.05) is 13.8 Å². The molecule has 1 saturated heterocycles. The highest BCUT2D eigenvalue weighted by molar-refractivity contribution is 5.37. The van der Waals surface area contributed by atoms with Gasteiger partial charge in [0.05, 0.1) is 19.3 Å². The van der Waals surface area contributed by atoms with Crippen molar-refractivity contribution in [3.8, 4) is 5.75 Å². The number of piperidine rings is 1. The van der Waals surface area contributed by atoms with Crippen LogP contribution in [-0.2, 0) is 31.0 Å². The topological polar surface area (TPSA) is 64.4 Å². The number of nitrogens with one attached hydrogen (secondary N) is 1. The van der Waals surface area contributed by atoms with Crippen molar-refractivity contribution < 1.29 is 9.47 Å². The number of aromatic nitrogens is 3. The summed E-state index contributed by atoms with van der Waals surface area (Å²) in [4.78, 5) is 2.45. The number of rotatable bonds is 7. The van der Waals surface area contributed by atoms with Gasteiger partial charge in [-0.1, -0.05) is 6.07 Å². The van der Waals surface area contributed by atoms with E-state index >= 15 is 0 Å². The Bertz CT molecular complexity index is 814. The Balaban J connectivity index is 1.44. The quantitative estimate of drug-likeness (QED) is 0.772. The molecule has 1 aromatic heterocycles. The molecule has 0 radical (unpaired) electrons. The highest BCUT2D eigenvalue weighted by Crippen LogP contribution is 2.26. The molecule has 3 heterocycles. The lowest BCUT2D eigenvalue weighted by Gasteiger charge is -2.30. The SMILES string of the molecule is COCc1cc(CN2CCn3c(nnc3C3CCCNC3)C2)ccc1OC(C)C. The number of ether oxygens (including phenoxy) is 2. The molecule has 0 bridgehead atoms. The molecule has 4 rings (SSSR count). The zero-order valence-corrected chi connectivity index (χ0v) is 17.9. The van der Waals surface area contributed by atoms with Gasteiger partial charge in [-0.15, -0.1) is 10.2 Å². The maximum absolute atomic E-state index is 5.93. The molecule has 158 valence electrons. The largest absolute Gasteiger partial charge is 0.491 e. The van der Waals surface area contributed by atoms with Crippen LogP contribution >= 0.6 is 0 Å². The zero-order chi connectivity index (χ0) is 20.2. The second kappa shape index (κ2) is 9.24. The smallest absolute Gasteiger partial charge is 0.147 e. The molecule has 0 saturated carbocycles. The predicted molar refractivity (Wildman–Crippen MR) is 112 cm³/mol. The Hall–Kier alpha value is -1.96. The number of fused-ring (bicyclic) bond motifs is 1. The van der Waals surface area contributed by atoms with Crippen molar-refractivity contribution in [2.45, 2.75) is 65.0 Å². The van der Waals surface area contributed by atoms with E-state index in [9.17, 15) is 0 Å². The number of methoxy groups -OCH3 is 1. The van der Waals surface area contributed by atoms with Gasteiger partial charge in [0.15, 0.2) is 0 Å². The summed E-state index contributed by atoms with van der Waals surface area (Å²) >= 11 is 0. The van der Waals surface area contributed by atoms with Gasteiger partial charge in [-0.05, 0) is 50.9 Å². The minimum atomic E-state index is 0.151. The first-order valence-corrected chi connectivity index (χ1v) is 10.8. The van der Waals surface area contributed by atoms with Crippen LogP contribution in [0.1, 0.15) is 55.4 Å². The molecule has 1 fully saturated rings. The van der Waals surface area contributed by atoms with Gasteiger partial charge < -0.3 is 19.4 Å². The van der Waals surface area contributed by atoms with Crippen LogP contribution in [0, 0.1) is 0 Å². The van der Waals surface area contributed by atoms with Gasteiger partial charge >= 0.3 is 0 Å². The van der Waals surface area contributed by atoms with Gasteiger partial charge in [0.1, 0.15) is 17.4 Å². The highest BCUT2D eigenvalue weighted by atomic mass is 16.5. The van der Waals surface area contributed by atoms with E-state index < -0.39 is 0 Å². The summed E-state index contributed by atoms with van der Waals surface area (Å²) < 4.78 is 13.7. The van der Waals surface area contributed by atoms with Crippen LogP contribution in [0.4, 0.5) is 0 Å². The lowest BCUT2D eigenvalue weighted by atomic mass is 9.99. The lowest BCUT2D eigenvalue weighted by Crippen LogP contribution is -2.36. The summed E-state index contributed by atoms with van der Waals surface area (Å²) in [6.07, 6.45) is 2.58. The first-order chi connectivity index (χ1) is 14.1. The van der Waals surface area contributed by atoms with Gasteiger partial charge in [0.25, 0.3) is 0 Å². The van der Waals surface area contributed by atoms with E-state index in [0.29, 0.717) is 12.5 Å². The summed E-state index contributed by atoms with van der Waals surface area (Å²) in [5, 5.41) is 12.6. The van der Waals surface area contributed by atoms with Crippen LogP contribution in [0.3, 0.4) is 0 Å². The first kappa shape index (κ1) is 20.3. The van der Waals surface area contributed by atoms with Crippen molar-refractivity contribution in [1.29, 1.82) is 0 Å². The van der Waals surface area contributed by atoms with E-state index in [1.165, 1.54) is 24.2 Å². The average Bonchev–Trinajstić information content (AvgIpc) is 3.14. The predicted octanol–water partition coefficient (Wildman–Crippen LogP) is 2.69. The Morgan fingerprint density at radius 2 is 2.14 bits per heavy atom. The van der Waals surface area contributed by atoms with E-state index in [1.54, 1.807) is 7.11 Å². The highest BCUT2D eigenvalue weighted by Gasteiger charge is 2.26. The number of nitrogens with zero attached hydrogens (tertiary/aromatic N) is 4. The van der Waals surface area contributed by atoms with E-state index in [4.69, 9.17) is 9.47 Å². The van der Waals surface area contributed by atoms with Crippen molar-refractivity contribution in [2.75, 3.05) is 26.7 Å². The van der Waals surface area contributed by atoms with E-state index in [2.05, 4.69) is 43.2 Å². The maximum atomic E-state index is 5.93. The molecule has 2 aliphatic rings. The van der Waals surface area contributed by atoms with Crippen molar-refractivity contribution in [2.24, 2.45) is 0 Å². The Labute approximate surface area is 173 Å². The average molecular weight is 400 g/mol. The summed E-state index contributed by atoms with van der Waals surface area (Å²) in [5.41, 5.74) is 2.38. The van der Waals surface area contributed by atoms with Crippen LogP contribution in [0.2, 0.25) is 0 Å². The van der Waals surface area contributed by atoms with Crippen molar-refractivity contribution in [1.82, 2.24) is 25.0 Å². The molecule has 7 heteroatoms. The normalized spacial score (nSPS) is 20.1. The van der Waals surface area contributed by atoms with Crippen molar-refractivity contribution >= 4 is 0 Å². The summed E-state index contributed by atoms with van der Waals surface area (Å²) in [7, 11) is 1.72. The standard InChI is InChI=1S/C22H33N5O2/c1-16(2)29-20-7-6-17(11-19(20)15-28-3)13-26-9-10-27-21(14-26)24-25-22(27)18-5-4-8-23-12-18/h6-7,11,16,18,23H,4-5,8-10,12-15H2,1-3H3. The molecular formula is C22H33N5O2. The fourth-order valence-corrected chi connectivity index (χ4v) is 4.37. The number of benzene rings is 1. The Kier molecular flexibility index (Phi) is 6.47. The van der Waals surface area contributed by atoms with Crippen LogP contribution in [0.5, 0.6) is 5.75 Å². The molecule has 1 aromatic carbocycles. The minimum absolute atomic E-state index is 0.151. The van der Waals surface area contributed by atoms with E-state index in [-0.39, 0.29) is 6.10 Å². The number of hydrogen-bond acceptors (Lipinski definition) is 6. The Morgan fingerprint density at radius 3 is 2.90 bits per heavy atom. The van der Waals surface area contributed by atoms with Crippen LogP contribution in [0.15, 0.2) is 18.2 Å². The second-order valence-corrected chi connectivity index (χ2v) is 8.42. The Morgan fingerprint density at radius 1 is 1.24 bits per heavy atom. The molecule has 7 nitrogen and oxygen atoms in total. The molecule has 1 unspecified atom stereocenters. The second-order valence-electron chi connectivity index (χ2n) is 8.42. The molecule has 0 aliphatic carbocycles. The third kappa shape index (κ3) is 4.79. The van der Waals surface area contributed by atoms with Crippen LogP contribution < -0.4 is 10.1 Å². The zero-order valence-electron chi connectivity index (χ0n) is 17.9. The summed E-state index contributed by atoms with van der Waals surface area (Å²) in [5.74, 6) is 3.68. The molecule has 0 spiro atoms. The fourth-order valence-electron chi connectivity index (χ4n) is 4.37. The van der Waals surface area contributed by atoms with Gasteiger partial charge in [-0.25, -0.2) is 0 Å². The van der Waals surface area contributed by atoms with E-state index in [0.717, 1.165) is 56.4 Å². The molecular weight excluding hydrogens is 366 g/mol. The number of hydrogen-bond donors (Lipinski definition) is 1. The summed E-state index contributed by atoms with van der Waals surface area (Å²) in [6.45, 7) is 10.5. The summed E-state index contributed by atoms with van der Waals surface area (Å²) in [6, 6.07) is 6.44. The first-order valence-electron chi connectivity index (χ1n) is 10.8. The van der Waals surface area contributed by atoms with Gasteiger partial charge in [-0.2, -0.15) is 0 Å². The lowest BCUT2D eigenvalue weighted by molar-refractivity contribution is 0.174. The van der Waals surface area contributed by atoms with Gasteiger partial charge in [0.2, 0.25) is 0 Å². The van der Waals surface area contributed by atoms with Crippen molar-refractivity contribution in [3.05, 3.63) is 41.0 Å². The van der Waals surface area contributed by atoms with Gasteiger partial charge in [-0.3, -0.25) is 4.90 Å². The molecule has 2 aromatic rings. The van der Waals surface area contributed by atoms with Gasteiger partial charge in [0, 0.05) is 44.8 Å². The third-order valence-electron chi connectivity index (χ3n) is 5.72. The molecule has 1 atom stereocenters. The van der Waals surface area contributed by atoms with Crippen molar-refractivity contribution in [3.63, 3.8) is 0 Å². The monoisotopic (exact) mass is 399 g/mol. The fraction of sp³-hybridized carbons (Fsp3) is 0.636. The van der Waals surface area contributed by atoms with Crippen LogP contribution in [-0.4, -0.2) is 52.5 Å². The maximum Gasteiger partial charge on any atom is 0.147 e. The third-order valence-corrected chi connectivity index (χ3v) is 5.72. The molecule has 2 aliphatic heterocycles. The molecule has 1 N–H and O–H groups in total. The molecule has 29 heavy (non-hydrogen) atoms.